The highest BCUT2D eigenvalue weighted by Crippen LogP contribution is 2.30. The van der Waals surface area contributed by atoms with Crippen LogP contribution in [0.25, 0.3) is 11.0 Å². The van der Waals surface area contributed by atoms with Crippen molar-refractivity contribution in [3.63, 3.8) is 0 Å². The Morgan fingerprint density at radius 2 is 1.90 bits per heavy atom. The average molecular weight is 346 g/mol. The van der Waals surface area contributed by atoms with Gasteiger partial charge in [0.15, 0.2) is 0 Å². The van der Waals surface area contributed by atoms with Crippen molar-refractivity contribution in [2.24, 2.45) is 0 Å². The number of rotatable bonds is 3. The summed E-state index contributed by atoms with van der Waals surface area (Å²) in [7, 11) is 1.66. The van der Waals surface area contributed by atoms with Crippen LogP contribution in [0, 0.1) is 0 Å². The molecule has 1 atom stereocenters. The first-order valence-electron chi connectivity index (χ1n) is 6.67. The fraction of sp³-hybridized carbons (Fsp3) is 0.188. The second-order valence-electron chi connectivity index (χ2n) is 4.92. The molecule has 0 spiro atoms. The predicted octanol–water partition coefficient (Wildman–Crippen LogP) is 4.00. The molecule has 5 heteroatoms. The predicted molar refractivity (Wildman–Crippen MR) is 88.7 cm³/mol. The maximum Gasteiger partial charge on any atom is 0.201 e. The Kier molecular flexibility index (Phi) is 3.59. The van der Waals surface area contributed by atoms with Crippen LogP contribution in [-0.2, 0) is 0 Å². The Morgan fingerprint density at radius 1 is 1.19 bits per heavy atom. The van der Waals surface area contributed by atoms with Gasteiger partial charge in [0.2, 0.25) is 5.95 Å². The van der Waals surface area contributed by atoms with E-state index in [1.54, 1.807) is 7.11 Å². The number of fused-ring (bicyclic) bond motifs is 1. The smallest absolute Gasteiger partial charge is 0.201 e. The topological polar surface area (TPSA) is 53.1 Å². The minimum atomic E-state index is 0.0928. The highest BCUT2D eigenvalue weighted by atomic mass is 79.9. The minimum Gasteiger partial charge on any atom is -0.497 e. The summed E-state index contributed by atoms with van der Waals surface area (Å²) >= 11 is 3.46. The molecule has 0 aliphatic rings. The molecule has 0 amide bonds. The van der Waals surface area contributed by atoms with Crippen molar-refractivity contribution < 1.29 is 4.74 Å². The third-order valence-electron chi connectivity index (χ3n) is 3.66. The second kappa shape index (κ2) is 5.41. The summed E-state index contributed by atoms with van der Waals surface area (Å²) in [6, 6.07) is 14.1. The van der Waals surface area contributed by atoms with Crippen LogP contribution in [0.1, 0.15) is 18.5 Å². The Labute approximate surface area is 131 Å². The van der Waals surface area contributed by atoms with Crippen LogP contribution < -0.4 is 10.5 Å². The lowest BCUT2D eigenvalue weighted by Crippen LogP contribution is -2.10. The van der Waals surface area contributed by atoms with Crippen molar-refractivity contribution in [2.75, 3.05) is 12.8 Å². The van der Waals surface area contributed by atoms with Gasteiger partial charge >= 0.3 is 0 Å². The van der Waals surface area contributed by atoms with Crippen LogP contribution in [0.4, 0.5) is 5.95 Å². The van der Waals surface area contributed by atoms with Gasteiger partial charge in [-0.05, 0) is 36.8 Å². The molecule has 0 bridgehead atoms. The van der Waals surface area contributed by atoms with E-state index in [9.17, 15) is 0 Å². The van der Waals surface area contributed by atoms with Crippen LogP contribution in [0.5, 0.6) is 5.75 Å². The van der Waals surface area contributed by atoms with Crippen LogP contribution >= 0.6 is 15.9 Å². The van der Waals surface area contributed by atoms with Gasteiger partial charge in [-0.3, -0.25) is 0 Å². The number of hydrogen-bond donors (Lipinski definition) is 1. The number of benzene rings is 2. The molecule has 2 N–H and O–H groups in total. The molecule has 1 aromatic heterocycles. The lowest BCUT2D eigenvalue weighted by Gasteiger charge is -2.17. The number of aromatic nitrogens is 2. The first kappa shape index (κ1) is 13.9. The Morgan fingerprint density at radius 3 is 2.57 bits per heavy atom. The third kappa shape index (κ3) is 2.49. The molecule has 3 rings (SSSR count). The summed E-state index contributed by atoms with van der Waals surface area (Å²) in [5, 5.41) is 0. The summed E-state index contributed by atoms with van der Waals surface area (Å²) in [4.78, 5) is 4.43. The molecule has 0 radical (unpaired) electrons. The molecule has 21 heavy (non-hydrogen) atoms. The van der Waals surface area contributed by atoms with Crippen LogP contribution in [-0.4, -0.2) is 16.7 Å². The number of imidazole rings is 1. The summed E-state index contributed by atoms with van der Waals surface area (Å²) in [6.45, 7) is 2.11. The first-order chi connectivity index (χ1) is 10.1. The van der Waals surface area contributed by atoms with Crippen molar-refractivity contribution in [1.29, 1.82) is 0 Å². The quantitative estimate of drug-likeness (QED) is 0.780. The number of nitrogen functional groups attached to an aromatic ring is 1. The van der Waals surface area contributed by atoms with Gasteiger partial charge < -0.3 is 15.0 Å². The van der Waals surface area contributed by atoms with Crippen molar-refractivity contribution in [3.05, 3.63) is 52.5 Å². The molecular formula is C16H16BrN3O. The third-order valence-corrected chi connectivity index (χ3v) is 4.19. The molecule has 0 saturated heterocycles. The molecule has 0 aliphatic heterocycles. The molecule has 108 valence electrons. The van der Waals surface area contributed by atoms with Gasteiger partial charge in [0.25, 0.3) is 0 Å². The van der Waals surface area contributed by atoms with Crippen molar-refractivity contribution in [2.45, 2.75) is 13.0 Å². The van der Waals surface area contributed by atoms with E-state index in [4.69, 9.17) is 10.5 Å². The second-order valence-corrected chi connectivity index (χ2v) is 5.84. The zero-order valence-corrected chi connectivity index (χ0v) is 13.5. The molecule has 2 aromatic carbocycles. The number of nitrogens with two attached hydrogens (primary N) is 1. The number of halogens is 1. The van der Waals surface area contributed by atoms with E-state index in [2.05, 4.69) is 40.0 Å². The van der Waals surface area contributed by atoms with Gasteiger partial charge in [-0.25, -0.2) is 4.98 Å². The van der Waals surface area contributed by atoms with E-state index in [1.165, 1.54) is 5.56 Å². The van der Waals surface area contributed by atoms with E-state index >= 15 is 0 Å². The maximum absolute atomic E-state index is 6.11. The normalized spacial score (nSPS) is 12.5. The SMILES string of the molecule is COc1ccc2nc(N)n(C(C)c3ccc(Br)cc3)c2c1. The van der Waals surface area contributed by atoms with E-state index in [1.807, 2.05) is 34.9 Å². The van der Waals surface area contributed by atoms with Crippen LogP contribution in [0.15, 0.2) is 46.9 Å². The number of methoxy groups -OCH3 is 1. The Bertz CT molecular complexity index is 780. The van der Waals surface area contributed by atoms with Crippen molar-refractivity contribution in [1.82, 2.24) is 9.55 Å². The Hall–Kier alpha value is -2.01. The number of nitrogens with zero attached hydrogens (tertiary/aromatic N) is 2. The molecule has 0 aliphatic carbocycles. The standard InChI is InChI=1S/C16H16BrN3O/c1-10(11-3-5-12(17)6-4-11)20-15-9-13(21-2)7-8-14(15)19-16(20)18/h3-10H,1-2H3,(H2,18,19). The van der Waals surface area contributed by atoms with Gasteiger partial charge in [0, 0.05) is 10.5 Å². The van der Waals surface area contributed by atoms with Crippen LogP contribution in [0.3, 0.4) is 0 Å². The fourth-order valence-electron chi connectivity index (χ4n) is 2.52. The van der Waals surface area contributed by atoms with Gasteiger partial charge in [0.1, 0.15) is 5.75 Å². The highest BCUT2D eigenvalue weighted by Gasteiger charge is 2.16. The number of hydrogen-bond acceptors (Lipinski definition) is 3. The minimum absolute atomic E-state index is 0.0928. The van der Waals surface area contributed by atoms with Crippen molar-refractivity contribution in [3.8, 4) is 5.75 Å². The molecule has 4 nitrogen and oxygen atoms in total. The van der Waals surface area contributed by atoms with Gasteiger partial charge in [-0.2, -0.15) is 0 Å². The lowest BCUT2D eigenvalue weighted by molar-refractivity contribution is 0.415. The lowest BCUT2D eigenvalue weighted by atomic mass is 10.1. The number of ether oxygens (including phenoxy) is 1. The van der Waals surface area contributed by atoms with E-state index in [0.29, 0.717) is 5.95 Å². The summed E-state index contributed by atoms with van der Waals surface area (Å²) in [5.74, 6) is 1.31. The van der Waals surface area contributed by atoms with E-state index in [0.717, 1.165) is 21.3 Å². The van der Waals surface area contributed by atoms with E-state index in [-0.39, 0.29) is 6.04 Å². The van der Waals surface area contributed by atoms with Gasteiger partial charge in [0.05, 0.1) is 24.2 Å². The monoisotopic (exact) mass is 345 g/mol. The molecular weight excluding hydrogens is 330 g/mol. The van der Waals surface area contributed by atoms with E-state index < -0.39 is 0 Å². The largest absolute Gasteiger partial charge is 0.497 e. The molecule has 1 unspecified atom stereocenters. The first-order valence-corrected chi connectivity index (χ1v) is 7.46. The number of anilines is 1. The summed E-state index contributed by atoms with van der Waals surface area (Å²) < 4.78 is 8.39. The molecule has 3 aromatic rings. The van der Waals surface area contributed by atoms with Crippen LogP contribution in [0.2, 0.25) is 0 Å². The van der Waals surface area contributed by atoms with Gasteiger partial charge in [-0.1, -0.05) is 28.1 Å². The fourth-order valence-corrected chi connectivity index (χ4v) is 2.78. The van der Waals surface area contributed by atoms with Crippen molar-refractivity contribution >= 4 is 32.9 Å². The summed E-state index contributed by atoms with van der Waals surface area (Å²) in [5.41, 5.74) is 9.13. The zero-order valence-electron chi connectivity index (χ0n) is 11.9. The molecule has 1 heterocycles. The van der Waals surface area contributed by atoms with Gasteiger partial charge in [-0.15, -0.1) is 0 Å². The maximum atomic E-state index is 6.11. The average Bonchev–Trinajstić information content (AvgIpc) is 2.82. The molecule has 0 saturated carbocycles. The highest BCUT2D eigenvalue weighted by molar-refractivity contribution is 9.10. The molecule has 0 fully saturated rings. The Balaban J connectivity index is 2.14. The zero-order chi connectivity index (χ0) is 15.0. The summed E-state index contributed by atoms with van der Waals surface area (Å²) in [6.07, 6.45) is 0.